The van der Waals surface area contributed by atoms with E-state index in [1.165, 1.54) is 19.4 Å². The number of ether oxygens (including phenoxy) is 2. The van der Waals surface area contributed by atoms with Crippen molar-refractivity contribution in [1.82, 2.24) is 4.90 Å². The van der Waals surface area contributed by atoms with Crippen LogP contribution in [0.3, 0.4) is 0 Å². The minimum atomic E-state index is 0.0246. The third-order valence-electron chi connectivity index (χ3n) is 5.93. The number of rotatable bonds is 5. The second-order valence-electron chi connectivity index (χ2n) is 8.33. The highest BCUT2D eigenvalue weighted by molar-refractivity contribution is 7.99. The maximum absolute atomic E-state index is 9.57. The first-order chi connectivity index (χ1) is 17.1. The van der Waals surface area contributed by atoms with Gasteiger partial charge in [0, 0.05) is 18.3 Å². The molecule has 1 fully saturated rings. The van der Waals surface area contributed by atoms with Gasteiger partial charge in [0.1, 0.15) is 35.7 Å². The van der Waals surface area contributed by atoms with E-state index in [4.69, 9.17) is 14.6 Å². The van der Waals surface area contributed by atoms with Crippen molar-refractivity contribution in [3.05, 3.63) is 78.4 Å². The molecule has 0 bridgehead atoms. The maximum Gasteiger partial charge on any atom is 0.134 e. The van der Waals surface area contributed by atoms with Crippen LogP contribution in [0.1, 0.15) is 45.3 Å². The normalized spacial score (nSPS) is 18.7. The molecule has 0 saturated carbocycles. The lowest BCUT2D eigenvalue weighted by atomic mass is 10.1. The van der Waals surface area contributed by atoms with E-state index >= 15 is 0 Å². The lowest BCUT2D eigenvalue weighted by Crippen LogP contribution is -2.31. The third-order valence-corrected chi connectivity index (χ3v) is 7.03. The van der Waals surface area contributed by atoms with E-state index in [0.29, 0.717) is 11.8 Å². The molecule has 2 atom stereocenters. The van der Waals surface area contributed by atoms with E-state index in [2.05, 4.69) is 24.0 Å². The Kier molecular flexibility index (Phi) is 10.6. The minimum absolute atomic E-state index is 0.0246. The van der Waals surface area contributed by atoms with E-state index in [1.54, 1.807) is 48.2 Å². The van der Waals surface area contributed by atoms with Gasteiger partial charge in [-0.3, -0.25) is 4.90 Å². The fourth-order valence-electron chi connectivity index (χ4n) is 4.04. The molecule has 0 amide bonds. The Balaban J connectivity index is 0.000000324. The number of nitrogens with zero attached hydrogens (tertiary/aromatic N) is 1. The molecule has 3 aromatic carbocycles. The van der Waals surface area contributed by atoms with Crippen LogP contribution in [0.15, 0.2) is 77.7 Å². The molecular formula is C29H37NO4S. The number of para-hydroxylation sites is 1. The standard InChI is InChI=1S/C21H25NO3S.C6H6O.C2H6/c1-15-3-2-10-22(15)11-12-24-18-7-4-16(5-8-18)20-14-26-21-13-17(23)6-9-19(21)25-20;7-6-4-2-1-3-5-6;1-2/h4-9,13,15,20,23H,2-3,10-12,14H2,1H3;1-5,7H;1-2H3/t15?,20-;;/m1../s1. The molecule has 5 rings (SSSR count). The van der Waals surface area contributed by atoms with E-state index in [-0.39, 0.29) is 11.9 Å². The van der Waals surface area contributed by atoms with Crippen LogP contribution < -0.4 is 9.47 Å². The summed E-state index contributed by atoms with van der Waals surface area (Å²) in [6, 6.07) is 22.9. The van der Waals surface area contributed by atoms with Gasteiger partial charge in [-0.05, 0) is 74.3 Å². The minimum Gasteiger partial charge on any atom is -0.508 e. The van der Waals surface area contributed by atoms with Crippen molar-refractivity contribution in [2.24, 2.45) is 0 Å². The molecule has 0 spiro atoms. The molecule has 2 N–H and O–H groups in total. The lowest BCUT2D eigenvalue weighted by Gasteiger charge is -2.26. The Labute approximate surface area is 213 Å². The monoisotopic (exact) mass is 495 g/mol. The highest BCUT2D eigenvalue weighted by Crippen LogP contribution is 2.42. The average molecular weight is 496 g/mol. The second kappa shape index (κ2) is 13.9. The maximum atomic E-state index is 9.57. The van der Waals surface area contributed by atoms with Crippen LogP contribution in [0, 0.1) is 0 Å². The van der Waals surface area contributed by atoms with Gasteiger partial charge in [-0.1, -0.05) is 44.2 Å². The van der Waals surface area contributed by atoms with Crippen molar-refractivity contribution < 1.29 is 19.7 Å². The van der Waals surface area contributed by atoms with Crippen molar-refractivity contribution >= 4 is 11.8 Å². The van der Waals surface area contributed by atoms with Crippen LogP contribution in [-0.2, 0) is 0 Å². The third kappa shape index (κ3) is 8.11. The fourth-order valence-corrected chi connectivity index (χ4v) is 5.09. The Bertz CT molecular complexity index is 1010. The number of thioether (sulfide) groups is 1. The lowest BCUT2D eigenvalue weighted by molar-refractivity contribution is 0.204. The summed E-state index contributed by atoms with van der Waals surface area (Å²) >= 11 is 1.72. The fraction of sp³-hybridized carbons (Fsp3) is 0.379. The van der Waals surface area contributed by atoms with Crippen LogP contribution in [0.4, 0.5) is 0 Å². The quantitative estimate of drug-likeness (QED) is 0.401. The van der Waals surface area contributed by atoms with Gasteiger partial charge < -0.3 is 19.7 Å². The number of hydrogen-bond acceptors (Lipinski definition) is 6. The highest BCUT2D eigenvalue weighted by atomic mass is 32.2. The average Bonchev–Trinajstić information content (AvgIpc) is 3.31. The Morgan fingerprint density at radius 1 is 0.971 bits per heavy atom. The van der Waals surface area contributed by atoms with Crippen LogP contribution in [0.2, 0.25) is 0 Å². The number of hydrogen-bond donors (Lipinski definition) is 2. The Hall–Kier alpha value is -2.83. The molecule has 5 nitrogen and oxygen atoms in total. The Morgan fingerprint density at radius 3 is 2.34 bits per heavy atom. The molecule has 6 heteroatoms. The van der Waals surface area contributed by atoms with Gasteiger partial charge in [0.2, 0.25) is 0 Å². The van der Waals surface area contributed by atoms with Gasteiger partial charge in [-0.25, -0.2) is 0 Å². The van der Waals surface area contributed by atoms with Gasteiger partial charge in [-0.2, -0.15) is 0 Å². The Morgan fingerprint density at radius 2 is 1.71 bits per heavy atom. The molecular weight excluding hydrogens is 458 g/mol. The zero-order valence-electron chi connectivity index (χ0n) is 20.9. The van der Waals surface area contributed by atoms with Gasteiger partial charge >= 0.3 is 0 Å². The predicted molar refractivity (Wildman–Crippen MR) is 144 cm³/mol. The van der Waals surface area contributed by atoms with Gasteiger partial charge in [-0.15, -0.1) is 11.8 Å². The second-order valence-corrected chi connectivity index (χ2v) is 9.39. The van der Waals surface area contributed by atoms with Gasteiger partial charge in [0.05, 0.1) is 4.90 Å². The number of phenols is 2. The number of aromatic hydroxyl groups is 2. The van der Waals surface area contributed by atoms with Crippen molar-refractivity contribution in [2.45, 2.75) is 50.7 Å². The molecule has 35 heavy (non-hydrogen) atoms. The van der Waals surface area contributed by atoms with Crippen molar-refractivity contribution in [3.8, 4) is 23.0 Å². The number of benzene rings is 3. The molecule has 0 aromatic heterocycles. The molecule has 1 unspecified atom stereocenters. The number of phenolic OH excluding ortho intramolecular Hbond substituents is 2. The summed E-state index contributed by atoms with van der Waals surface area (Å²) in [4.78, 5) is 3.49. The zero-order chi connectivity index (χ0) is 25.0. The molecule has 2 heterocycles. The van der Waals surface area contributed by atoms with Crippen LogP contribution in [-0.4, -0.2) is 46.6 Å². The summed E-state index contributed by atoms with van der Waals surface area (Å²) in [5.41, 5.74) is 1.15. The number of fused-ring (bicyclic) bond motifs is 1. The first-order valence-corrected chi connectivity index (χ1v) is 13.4. The van der Waals surface area contributed by atoms with Gasteiger partial charge in [0.25, 0.3) is 0 Å². The molecule has 188 valence electrons. The van der Waals surface area contributed by atoms with Crippen molar-refractivity contribution in [3.63, 3.8) is 0 Å². The molecule has 0 radical (unpaired) electrons. The first-order valence-electron chi connectivity index (χ1n) is 12.4. The van der Waals surface area contributed by atoms with Gasteiger partial charge in [0.15, 0.2) is 0 Å². The number of likely N-dealkylation sites (tertiary alicyclic amines) is 1. The molecule has 2 aliphatic heterocycles. The molecule has 3 aromatic rings. The topological polar surface area (TPSA) is 62.2 Å². The summed E-state index contributed by atoms with van der Waals surface area (Å²) in [5.74, 6) is 3.19. The summed E-state index contributed by atoms with van der Waals surface area (Å²) < 4.78 is 12.0. The summed E-state index contributed by atoms with van der Waals surface area (Å²) in [7, 11) is 0. The van der Waals surface area contributed by atoms with Crippen LogP contribution in [0.25, 0.3) is 0 Å². The van der Waals surface area contributed by atoms with E-state index in [9.17, 15) is 5.11 Å². The largest absolute Gasteiger partial charge is 0.508 e. The van der Waals surface area contributed by atoms with Crippen LogP contribution in [0.5, 0.6) is 23.0 Å². The smallest absolute Gasteiger partial charge is 0.134 e. The van der Waals surface area contributed by atoms with E-state index in [0.717, 1.165) is 40.9 Å². The van der Waals surface area contributed by atoms with E-state index in [1.807, 2.05) is 38.1 Å². The molecule has 1 saturated heterocycles. The highest BCUT2D eigenvalue weighted by Gasteiger charge is 2.22. The SMILES string of the molecule is CC.CC1CCCN1CCOc1ccc([C@H]2CSc3cc(O)ccc3O2)cc1.Oc1ccccc1. The summed E-state index contributed by atoms with van der Waals surface area (Å²) in [6.45, 7) is 9.22. The van der Waals surface area contributed by atoms with Crippen molar-refractivity contribution in [1.29, 1.82) is 0 Å². The van der Waals surface area contributed by atoms with E-state index < -0.39 is 0 Å². The first kappa shape index (κ1) is 26.8. The van der Waals surface area contributed by atoms with Crippen molar-refractivity contribution in [2.75, 3.05) is 25.4 Å². The van der Waals surface area contributed by atoms with Crippen LogP contribution >= 0.6 is 11.8 Å². The summed E-state index contributed by atoms with van der Waals surface area (Å²) in [6.07, 6.45) is 2.63. The molecule has 2 aliphatic rings. The molecule has 0 aliphatic carbocycles. The zero-order valence-corrected chi connectivity index (χ0v) is 21.7. The summed E-state index contributed by atoms with van der Waals surface area (Å²) in [5, 5.41) is 18.2. The predicted octanol–water partition coefficient (Wildman–Crippen LogP) is 6.90.